The summed E-state index contributed by atoms with van der Waals surface area (Å²) >= 11 is 0. The molecule has 0 amide bonds. The van der Waals surface area contributed by atoms with Gasteiger partial charge in [-0.2, -0.15) is 5.10 Å². The lowest BCUT2D eigenvalue weighted by Crippen LogP contribution is -2.32. The van der Waals surface area contributed by atoms with Crippen molar-refractivity contribution in [3.8, 4) is 5.75 Å². The van der Waals surface area contributed by atoms with Gasteiger partial charge in [0, 0.05) is 7.05 Å². The SMILES string of the molecule is CCNC(c1c(OC)cnn1C)C1CCC(CC)CC1. The number of nitrogens with zero attached hydrogens (tertiary/aromatic N) is 2. The molecule has 0 aromatic carbocycles. The molecule has 1 heterocycles. The van der Waals surface area contributed by atoms with Crippen LogP contribution >= 0.6 is 0 Å². The van der Waals surface area contributed by atoms with Gasteiger partial charge in [-0.1, -0.05) is 33.1 Å². The van der Waals surface area contributed by atoms with E-state index in [-0.39, 0.29) is 0 Å². The first kappa shape index (κ1) is 15.4. The van der Waals surface area contributed by atoms with Crippen molar-refractivity contribution in [1.29, 1.82) is 0 Å². The molecule has 0 spiro atoms. The maximum absolute atomic E-state index is 5.50. The molecule has 1 aliphatic rings. The van der Waals surface area contributed by atoms with Crippen molar-refractivity contribution in [3.05, 3.63) is 11.9 Å². The summed E-state index contributed by atoms with van der Waals surface area (Å²) in [6.45, 7) is 5.47. The minimum Gasteiger partial charge on any atom is -0.493 e. The molecule has 0 saturated heterocycles. The summed E-state index contributed by atoms with van der Waals surface area (Å²) in [4.78, 5) is 0. The van der Waals surface area contributed by atoms with E-state index in [4.69, 9.17) is 4.74 Å². The van der Waals surface area contributed by atoms with Gasteiger partial charge in [0.2, 0.25) is 0 Å². The highest BCUT2D eigenvalue weighted by Gasteiger charge is 2.31. The number of hydrogen-bond donors (Lipinski definition) is 1. The number of aryl methyl sites for hydroxylation is 1. The van der Waals surface area contributed by atoms with Gasteiger partial charge in [-0.05, 0) is 31.2 Å². The number of hydrogen-bond acceptors (Lipinski definition) is 3. The van der Waals surface area contributed by atoms with Crippen LogP contribution in [0, 0.1) is 11.8 Å². The second-order valence-electron chi connectivity index (χ2n) is 5.95. The number of nitrogens with one attached hydrogen (secondary N) is 1. The van der Waals surface area contributed by atoms with Crippen LogP contribution in [0.3, 0.4) is 0 Å². The molecule has 1 aromatic heterocycles. The van der Waals surface area contributed by atoms with Crippen LogP contribution < -0.4 is 10.1 Å². The van der Waals surface area contributed by atoms with Crippen molar-refractivity contribution in [2.75, 3.05) is 13.7 Å². The summed E-state index contributed by atoms with van der Waals surface area (Å²) in [6.07, 6.45) is 8.51. The largest absolute Gasteiger partial charge is 0.493 e. The maximum Gasteiger partial charge on any atom is 0.161 e. The molecule has 4 heteroatoms. The van der Waals surface area contributed by atoms with Gasteiger partial charge in [0.25, 0.3) is 0 Å². The molecular weight excluding hydrogens is 250 g/mol. The zero-order valence-electron chi connectivity index (χ0n) is 13.4. The van der Waals surface area contributed by atoms with Gasteiger partial charge >= 0.3 is 0 Å². The third kappa shape index (κ3) is 3.17. The van der Waals surface area contributed by atoms with E-state index >= 15 is 0 Å². The predicted molar refractivity (Wildman–Crippen MR) is 81.9 cm³/mol. The van der Waals surface area contributed by atoms with Gasteiger partial charge in [-0.3, -0.25) is 4.68 Å². The van der Waals surface area contributed by atoms with Gasteiger partial charge in [0.05, 0.1) is 25.0 Å². The third-order valence-electron chi connectivity index (χ3n) is 4.83. The lowest BCUT2D eigenvalue weighted by molar-refractivity contribution is 0.212. The van der Waals surface area contributed by atoms with Crippen LogP contribution in [-0.4, -0.2) is 23.4 Å². The maximum atomic E-state index is 5.50. The van der Waals surface area contributed by atoms with Gasteiger partial charge < -0.3 is 10.1 Å². The first-order valence-electron chi connectivity index (χ1n) is 8.00. The van der Waals surface area contributed by atoms with Crippen molar-refractivity contribution in [2.45, 2.75) is 52.0 Å². The zero-order valence-corrected chi connectivity index (χ0v) is 13.4. The highest BCUT2D eigenvalue weighted by atomic mass is 16.5. The van der Waals surface area contributed by atoms with E-state index in [1.807, 2.05) is 17.9 Å². The summed E-state index contributed by atoms with van der Waals surface area (Å²) < 4.78 is 7.47. The quantitative estimate of drug-likeness (QED) is 0.868. The first-order valence-corrected chi connectivity index (χ1v) is 8.00. The fraction of sp³-hybridized carbons (Fsp3) is 0.812. The molecule has 1 unspecified atom stereocenters. The number of aromatic nitrogens is 2. The van der Waals surface area contributed by atoms with Crippen LogP contribution in [0.15, 0.2) is 6.20 Å². The van der Waals surface area contributed by atoms with Gasteiger partial charge in [-0.25, -0.2) is 0 Å². The molecule has 0 bridgehead atoms. The van der Waals surface area contributed by atoms with Crippen molar-refractivity contribution < 1.29 is 4.74 Å². The topological polar surface area (TPSA) is 39.1 Å². The zero-order chi connectivity index (χ0) is 14.5. The van der Waals surface area contributed by atoms with E-state index < -0.39 is 0 Å². The average molecular weight is 279 g/mol. The highest BCUT2D eigenvalue weighted by molar-refractivity contribution is 5.28. The fourth-order valence-corrected chi connectivity index (χ4v) is 3.58. The second-order valence-corrected chi connectivity index (χ2v) is 5.95. The van der Waals surface area contributed by atoms with Crippen molar-refractivity contribution in [3.63, 3.8) is 0 Å². The molecule has 0 aliphatic heterocycles. The Bertz CT molecular complexity index is 408. The van der Waals surface area contributed by atoms with Crippen LogP contribution in [0.1, 0.15) is 57.7 Å². The number of rotatable bonds is 6. The molecule has 1 aromatic rings. The van der Waals surface area contributed by atoms with E-state index in [0.29, 0.717) is 12.0 Å². The first-order chi connectivity index (χ1) is 9.71. The Morgan fingerprint density at radius 1 is 1.35 bits per heavy atom. The normalized spacial score (nSPS) is 24.6. The van der Waals surface area contributed by atoms with E-state index in [9.17, 15) is 0 Å². The minimum absolute atomic E-state index is 0.361. The number of ether oxygens (including phenoxy) is 1. The van der Waals surface area contributed by atoms with E-state index in [0.717, 1.165) is 18.2 Å². The summed E-state index contributed by atoms with van der Waals surface area (Å²) in [5.74, 6) is 2.54. The molecule has 1 atom stereocenters. The van der Waals surface area contributed by atoms with Crippen LogP contribution in [0.25, 0.3) is 0 Å². The third-order valence-corrected chi connectivity index (χ3v) is 4.83. The Morgan fingerprint density at radius 3 is 2.60 bits per heavy atom. The van der Waals surface area contributed by atoms with Gasteiger partial charge in [-0.15, -0.1) is 0 Å². The molecule has 1 saturated carbocycles. The van der Waals surface area contributed by atoms with Crippen LogP contribution in [0.4, 0.5) is 0 Å². The monoisotopic (exact) mass is 279 g/mol. The summed E-state index contributed by atoms with van der Waals surface area (Å²) in [6, 6.07) is 0.361. The van der Waals surface area contributed by atoms with Crippen LogP contribution in [0.5, 0.6) is 5.75 Å². The molecule has 0 radical (unpaired) electrons. The molecule has 20 heavy (non-hydrogen) atoms. The van der Waals surface area contributed by atoms with Gasteiger partial charge in [0.15, 0.2) is 5.75 Å². The molecule has 2 rings (SSSR count). The Labute approximate surface area is 122 Å². The summed E-state index contributed by atoms with van der Waals surface area (Å²) in [5, 5.41) is 8.03. The Kier molecular flexibility index (Phi) is 5.46. The fourth-order valence-electron chi connectivity index (χ4n) is 3.58. The lowest BCUT2D eigenvalue weighted by Gasteiger charge is -2.34. The second kappa shape index (κ2) is 7.11. The van der Waals surface area contributed by atoms with E-state index in [1.54, 1.807) is 7.11 Å². The molecular formula is C16H29N3O. The highest BCUT2D eigenvalue weighted by Crippen LogP contribution is 2.40. The van der Waals surface area contributed by atoms with Crippen molar-refractivity contribution >= 4 is 0 Å². The summed E-state index contributed by atoms with van der Waals surface area (Å²) in [5.41, 5.74) is 1.20. The van der Waals surface area contributed by atoms with Crippen molar-refractivity contribution in [2.24, 2.45) is 18.9 Å². The molecule has 114 valence electrons. The van der Waals surface area contributed by atoms with E-state index in [1.165, 1.54) is 37.8 Å². The molecule has 1 N–H and O–H groups in total. The Morgan fingerprint density at radius 2 is 2.05 bits per heavy atom. The Balaban J connectivity index is 2.16. The van der Waals surface area contributed by atoms with Crippen LogP contribution in [0.2, 0.25) is 0 Å². The number of methoxy groups -OCH3 is 1. The predicted octanol–water partition coefficient (Wildman–Crippen LogP) is 3.30. The Hall–Kier alpha value is -1.03. The average Bonchev–Trinajstić information content (AvgIpc) is 2.86. The molecule has 1 aliphatic carbocycles. The minimum atomic E-state index is 0.361. The molecule has 1 fully saturated rings. The van der Waals surface area contributed by atoms with E-state index in [2.05, 4.69) is 24.3 Å². The summed E-state index contributed by atoms with van der Waals surface area (Å²) in [7, 11) is 3.75. The smallest absolute Gasteiger partial charge is 0.161 e. The molecule has 4 nitrogen and oxygen atoms in total. The lowest BCUT2D eigenvalue weighted by atomic mass is 9.76. The van der Waals surface area contributed by atoms with Crippen LogP contribution in [-0.2, 0) is 7.05 Å². The standard InChI is InChI=1S/C16H29N3O/c1-5-12-7-9-13(10-8-12)15(17-6-2)16-14(20-4)11-18-19(16)3/h11-13,15,17H,5-10H2,1-4H3. The van der Waals surface area contributed by atoms with Crippen molar-refractivity contribution in [1.82, 2.24) is 15.1 Å². The van der Waals surface area contributed by atoms with Gasteiger partial charge in [0.1, 0.15) is 0 Å².